The Morgan fingerprint density at radius 1 is 1.25 bits per heavy atom. The van der Waals surface area contributed by atoms with Crippen LogP contribution in [0.4, 0.5) is 0 Å². The predicted molar refractivity (Wildman–Crippen MR) is 144 cm³/mol. The Balaban J connectivity index is 1.32. The molecular weight excluding hydrogens is 491 g/mol. The van der Waals surface area contributed by atoms with E-state index in [1.807, 2.05) is 27.7 Å². The molecule has 3 saturated carbocycles. The number of hydrogen-bond donors (Lipinski definition) is 0. The third-order valence-corrected chi connectivity index (χ3v) is 10.5. The Labute approximate surface area is 223 Å². The van der Waals surface area contributed by atoms with Crippen molar-refractivity contribution in [2.45, 2.75) is 101 Å². The van der Waals surface area contributed by atoms with E-state index >= 15 is 0 Å². The van der Waals surface area contributed by atoms with E-state index in [2.05, 4.69) is 43.1 Å². The van der Waals surface area contributed by atoms with Crippen LogP contribution in [0.3, 0.4) is 0 Å². The van der Waals surface area contributed by atoms with Gasteiger partial charge in [-0.05, 0) is 94.1 Å². The molecular formula is C27H37BN2O4S2. The molecule has 0 spiro atoms. The van der Waals surface area contributed by atoms with Gasteiger partial charge in [-0.25, -0.2) is 4.79 Å². The maximum atomic E-state index is 13.3. The molecule has 2 aromatic rings. The second-order valence-electron chi connectivity index (χ2n) is 12.3. The number of benzene rings is 1. The van der Waals surface area contributed by atoms with Crippen LogP contribution in [0.5, 0.6) is 0 Å². The standard InChI is InChI=1S/C27H37BN2O4S2/c1-16-17(10-11-28-33-21-13-19-12-20(26(19,5)6)27(21,7)34-28)8-9-18(14-35-24-30-29-15-36-24)22(16)23(31)32-25(2,3)4/h8-9,15,19-21H,10-14H2,1-7H3/t19?,20?,21?,27-/m0/s1. The average Bonchev–Trinajstić information content (AvgIpc) is 3.41. The SMILES string of the molecule is Cc1c(CCB2OC3CC4CC(C4(C)C)[C@]3(C)O2)ccc(CSc2nncs2)c1C(=O)OC(C)(C)C. The van der Waals surface area contributed by atoms with Gasteiger partial charge in [0.05, 0.1) is 17.3 Å². The summed E-state index contributed by atoms with van der Waals surface area (Å²) >= 11 is 3.09. The van der Waals surface area contributed by atoms with Crippen LogP contribution >= 0.6 is 23.1 Å². The molecule has 194 valence electrons. The van der Waals surface area contributed by atoms with Crippen molar-refractivity contribution >= 4 is 36.2 Å². The maximum absolute atomic E-state index is 13.3. The molecule has 2 heterocycles. The number of aryl methyl sites for hydroxylation is 1. The number of esters is 1. The maximum Gasteiger partial charge on any atom is 0.457 e. The van der Waals surface area contributed by atoms with Crippen LogP contribution in [0.25, 0.3) is 0 Å². The number of ether oxygens (including phenoxy) is 1. The van der Waals surface area contributed by atoms with Crippen molar-refractivity contribution < 1.29 is 18.8 Å². The smallest absolute Gasteiger partial charge is 0.456 e. The molecule has 1 aliphatic heterocycles. The molecule has 2 bridgehead atoms. The van der Waals surface area contributed by atoms with Gasteiger partial charge in [0.2, 0.25) is 0 Å². The molecule has 1 saturated heterocycles. The van der Waals surface area contributed by atoms with E-state index in [0.29, 0.717) is 22.6 Å². The van der Waals surface area contributed by atoms with Gasteiger partial charge in [-0.2, -0.15) is 0 Å². The normalized spacial score (nSPS) is 28.5. The zero-order valence-electron chi connectivity index (χ0n) is 22.4. The highest BCUT2D eigenvalue weighted by atomic mass is 32.2. The van der Waals surface area contributed by atoms with Crippen molar-refractivity contribution in [1.82, 2.24) is 10.2 Å². The summed E-state index contributed by atoms with van der Waals surface area (Å²) in [6.07, 6.45) is 4.11. The number of thioether (sulfide) groups is 1. The average molecular weight is 529 g/mol. The van der Waals surface area contributed by atoms with Crippen LogP contribution in [-0.4, -0.2) is 40.6 Å². The molecule has 1 aromatic carbocycles. The van der Waals surface area contributed by atoms with Gasteiger partial charge in [0.1, 0.15) is 11.1 Å². The lowest BCUT2D eigenvalue weighted by atomic mass is 9.43. The van der Waals surface area contributed by atoms with E-state index in [1.54, 1.807) is 17.3 Å². The highest BCUT2D eigenvalue weighted by Gasteiger charge is 2.67. The number of hydrogen-bond acceptors (Lipinski definition) is 8. The molecule has 4 atom stereocenters. The van der Waals surface area contributed by atoms with Gasteiger partial charge < -0.3 is 14.0 Å². The Hall–Kier alpha value is -1.42. The van der Waals surface area contributed by atoms with E-state index in [-0.39, 0.29) is 24.8 Å². The lowest BCUT2D eigenvalue weighted by Crippen LogP contribution is -2.65. The van der Waals surface area contributed by atoms with E-state index < -0.39 is 5.60 Å². The largest absolute Gasteiger partial charge is 0.457 e. The third kappa shape index (κ3) is 4.77. The molecule has 4 aliphatic rings. The van der Waals surface area contributed by atoms with Crippen molar-refractivity contribution in [2.24, 2.45) is 17.3 Å². The van der Waals surface area contributed by atoms with E-state index in [1.165, 1.54) is 17.8 Å². The summed E-state index contributed by atoms with van der Waals surface area (Å²) in [5.74, 6) is 1.66. The third-order valence-electron chi connectivity index (χ3n) is 8.61. The fourth-order valence-corrected chi connectivity index (χ4v) is 8.01. The highest BCUT2D eigenvalue weighted by molar-refractivity contribution is 8.00. The Morgan fingerprint density at radius 3 is 2.67 bits per heavy atom. The Morgan fingerprint density at radius 2 is 2.00 bits per heavy atom. The number of rotatable bonds is 7. The predicted octanol–water partition coefficient (Wildman–Crippen LogP) is 6.36. The molecule has 0 amide bonds. The first kappa shape index (κ1) is 26.2. The van der Waals surface area contributed by atoms with Gasteiger partial charge in [0.25, 0.3) is 0 Å². The molecule has 6 nitrogen and oxygen atoms in total. The molecule has 9 heteroatoms. The molecule has 4 fully saturated rings. The topological polar surface area (TPSA) is 70.5 Å². The van der Waals surface area contributed by atoms with Crippen molar-refractivity contribution in [3.63, 3.8) is 0 Å². The zero-order chi connectivity index (χ0) is 25.9. The first-order chi connectivity index (χ1) is 16.9. The summed E-state index contributed by atoms with van der Waals surface area (Å²) in [5.41, 5.74) is 5.04. The van der Waals surface area contributed by atoms with Gasteiger partial charge in [0, 0.05) is 5.75 Å². The lowest BCUT2D eigenvalue weighted by Gasteiger charge is -2.64. The first-order valence-electron chi connectivity index (χ1n) is 13.0. The van der Waals surface area contributed by atoms with Gasteiger partial charge >= 0.3 is 13.1 Å². The van der Waals surface area contributed by atoms with Gasteiger partial charge in [-0.1, -0.05) is 49.1 Å². The van der Waals surface area contributed by atoms with Crippen molar-refractivity contribution in [3.8, 4) is 0 Å². The summed E-state index contributed by atoms with van der Waals surface area (Å²) < 4.78 is 19.8. The monoisotopic (exact) mass is 528 g/mol. The molecule has 36 heavy (non-hydrogen) atoms. The summed E-state index contributed by atoms with van der Waals surface area (Å²) in [6, 6.07) is 4.20. The fraction of sp³-hybridized carbons (Fsp3) is 0.667. The molecule has 3 unspecified atom stereocenters. The molecule has 0 radical (unpaired) electrons. The van der Waals surface area contributed by atoms with Gasteiger partial charge in [-0.15, -0.1) is 10.2 Å². The number of carbonyl (C=O) groups is 1. The van der Waals surface area contributed by atoms with E-state index in [9.17, 15) is 4.79 Å². The van der Waals surface area contributed by atoms with E-state index in [4.69, 9.17) is 14.0 Å². The second kappa shape index (κ2) is 9.40. The van der Waals surface area contributed by atoms with E-state index in [0.717, 1.165) is 46.1 Å². The molecule has 6 rings (SSSR count). The van der Waals surface area contributed by atoms with Crippen molar-refractivity contribution in [1.29, 1.82) is 0 Å². The summed E-state index contributed by atoms with van der Waals surface area (Å²) in [5, 5.41) is 8.03. The molecule has 3 aliphatic carbocycles. The summed E-state index contributed by atoms with van der Waals surface area (Å²) in [6.45, 7) is 14.8. The zero-order valence-corrected chi connectivity index (χ0v) is 24.1. The molecule has 0 N–H and O–H groups in total. The fourth-order valence-electron chi connectivity index (χ4n) is 6.53. The van der Waals surface area contributed by atoms with Crippen LogP contribution in [0, 0.1) is 24.2 Å². The number of carbonyl (C=O) groups excluding carboxylic acids is 1. The van der Waals surface area contributed by atoms with Crippen LogP contribution in [0.15, 0.2) is 22.0 Å². The minimum absolute atomic E-state index is 0.189. The molecule has 1 aromatic heterocycles. The quantitative estimate of drug-likeness (QED) is 0.235. The van der Waals surface area contributed by atoms with Crippen molar-refractivity contribution in [3.05, 3.63) is 39.9 Å². The van der Waals surface area contributed by atoms with Gasteiger partial charge in [0.15, 0.2) is 4.34 Å². The second-order valence-corrected chi connectivity index (χ2v) is 14.4. The lowest BCUT2D eigenvalue weighted by molar-refractivity contribution is -0.199. The highest BCUT2D eigenvalue weighted by Crippen LogP contribution is 2.65. The van der Waals surface area contributed by atoms with Crippen LogP contribution in [0.2, 0.25) is 6.32 Å². The summed E-state index contributed by atoms with van der Waals surface area (Å²) in [7, 11) is -0.202. The number of aromatic nitrogens is 2. The summed E-state index contributed by atoms with van der Waals surface area (Å²) in [4.78, 5) is 13.3. The minimum Gasteiger partial charge on any atom is -0.456 e. The van der Waals surface area contributed by atoms with Crippen LogP contribution in [-0.2, 0) is 26.2 Å². The first-order valence-corrected chi connectivity index (χ1v) is 14.8. The van der Waals surface area contributed by atoms with Gasteiger partial charge in [-0.3, -0.25) is 0 Å². The minimum atomic E-state index is -0.561. The Bertz CT molecular complexity index is 1130. The number of nitrogens with zero attached hydrogens (tertiary/aromatic N) is 2. The van der Waals surface area contributed by atoms with Crippen molar-refractivity contribution in [2.75, 3.05) is 0 Å². The Kier molecular flexibility index (Phi) is 6.84. The van der Waals surface area contributed by atoms with Crippen LogP contribution in [0.1, 0.15) is 81.4 Å². The van der Waals surface area contributed by atoms with Crippen LogP contribution < -0.4 is 0 Å².